The molecular formula is C8H5F4NO2. The van der Waals surface area contributed by atoms with Gasteiger partial charge in [-0.05, 0) is 11.6 Å². The molecule has 1 aromatic heterocycles. The van der Waals surface area contributed by atoms with Crippen LogP contribution in [-0.2, 0) is 11.2 Å². The molecule has 0 atom stereocenters. The zero-order valence-electron chi connectivity index (χ0n) is 7.18. The Balaban J connectivity index is 3.21. The summed E-state index contributed by atoms with van der Waals surface area (Å²) in [6.45, 7) is 0. The molecule has 0 saturated heterocycles. The van der Waals surface area contributed by atoms with Gasteiger partial charge in [0.2, 0.25) is 5.95 Å². The minimum atomic E-state index is -3.14. The van der Waals surface area contributed by atoms with Crippen LogP contribution in [0.4, 0.5) is 17.6 Å². The highest BCUT2D eigenvalue weighted by Crippen LogP contribution is 2.22. The van der Waals surface area contributed by atoms with Crippen LogP contribution in [-0.4, -0.2) is 16.1 Å². The van der Waals surface area contributed by atoms with Crippen LogP contribution in [0.3, 0.4) is 0 Å². The van der Waals surface area contributed by atoms with E-state index >= 15 is 0 Å². The van der Waals surface area contributed by atoms with E-state index in [0.717, 1.165) is 0 Å². The van der Waals surface area contributed by atoms with Crippen LogP contribution in [0.1, 0.15) is 17.7 Å². The van der Waals surface area contributed by atoms with Crippen molar-refractivity contribution in [1.29, 1.82) is 0 Å². The number of hydrogen-bond acceptors (Lipinski definition) is 2. The third kappa shape index (κ3) is 2.64. The van der Waals surface area contributed by atoms with E-state index in [4.69, 9.17) is 5.11 Å². The van der Waals surface area contributed by atoms with Crippen LogP contribution in [0.2, 0.25) is 0 Å². The highest BCUT2D eigenvalue weighted by atomic mass is 19.3. The van der Waals surface area contributed by atoms with Crippen molar-refractivity contribution < 1.29 is 27.5 Å². The predicted octanol–water partition coefficient (Wildman–Crippen LogP) is 1.92. The summed E-state index contributed by atoms with van der Waals surface area (Å²) in [6, 6.07) is 0.415. The van der Waals surface area contributed by atoms with Gasteiger partial charge in [-0.2, -0.15) is 4.39 Å². The Kier molecular flexibility index (Phi) is 3.23. The van der Waals surface area contributed by atoms with Gasteiger partial charge in [0.1, 0.15) is 5.69 Å². The highest BCUT2D eigenvalue weighted by Gasteiger charge is 2.20. The van der Waals surface area contributed by atoms with Crippen molar-refractivity contribution in [2.75, 3.05) is 0 Å². The highest BCUT2D eigenvalue weighted by molar-refractivity contribution is 5.70. The number of aliphatic carboxylic acids is 1. The Morgan fingerprint density at radius 2 is 2.07 bits per heavy atom. The molecular weight excluding hydrogens is 218 g/mol. The lowest BCUT2D eigenvalue weighted by molar-refractivity contribution is -0.136. The van der Waals surface area contributed by atoms with Gasteiger partial charge in [0.15, 0.2) is 5.82 Å². The summed E-state index contributed by atoms with van der Waals surface area (Å²) in [7, 11) is 0. The van der Waals surface area contributed by atoms with Crippen molar-refractivity contribution in [3.63, 3.8) is 0 Å². The van der Waals surface area contributed by atoms with Crippen LogP contribution >= 0.6 is 0 Å². The number of carboxylic acid groups (broad SMARTS) is 1. The summed E-state index contributed by atoms with van der Waals surface area (Å²) in [4.78, 5) is 12.9. The minimum Gasteiger partial charge on any atom is -0.481 e. The summed E-state index contributed by atoms with van der Waals surface area (Å²) in [5, 5.41) is 8.34. The Morgan fingerprint density at radius 3 is 2.53 bits per heavy atom. The van der Waals surface area contributed by atoms with Crippen LogP contribution in [0.25, 0.3) is 0 Å². The quantitative estimate of drug-likeness (QED) is 0.629. The van der Waals surface area contributed by atoms with Gasteiger partial charge < -0.3 is 5.11 Å². The van der Waals surface area contributed by atoms with Gasteiger partial charge in [0.25, 0.3) is 6.43 Å². The van der Waals surface area contributed by atoms with Gasteiger partial charge in [-0.1, -0.05) is 0 Å². The fourth-order valence-electron chi connectivity index (χ4n) is 1.01. The Hall–Kier alpha value is -1.66. The molecule has 0 fully saturated rings. The standard InChI is InChI=1S/C8H5F4NO2/c9-4-1-3(2-5(14)15)6(7(10)11)13-8(4)12/h1,7H,2H2,(H,14,15). The number of halogens is 4. The van der Waals surface area contributed by atoms with E-state index in [2.05, 4.69) is 4.98 Å². The first-order valence-electron chi connectivity index (χ1n) is 3.76. The zero-order chi connectivity index (χ0) is 11.6. The molecule has 1 N–H and O–H groups in total. The lowest BCUT2D eigenvalue weighted by atomic mass is 10.1. The number of nitrogens with zero attached hydrogens (tertiary/aromatic N) is 1. The third-order valence-corrected chi connectivity index (χ3v) is 1.59. The summed E-state index contributed by atoms with van der Waals surface area (Å²) in [6.07, 6.45) is -3.97. The molecule has 7 heteroatoms. The molecule has 0 aliphatic rings. The maximum Gasteiger partial charge on any atom is 0.307 e. The Morgan fingerprint density at radius 1 is 1.47 bits per heavy atom. The van der Waals surface area contributed by atoms with Crippen LogP contribution < -0.4 is 0 Å². The SMILES string of the molecule is O=C(O)Cc1cc(F)c(F)nc1C(F)F. The number of carbonyl (C=O) groups is 1. The van der Waals surface area contributed by atoms with E-state index in [0.29, 0.717) is 6.07 Å². The van der Waals surface area contributed by atoms with Gasteiger partial charge in [0.05, 0.1) is 6.42 Å². The summed E-state index contributed by atoms with van der Waals surface area (Å²) < 4.78 is 49.6. The first-order valence-corrected chi connectivity index (χ1v) is 3.76. The van der Waals surface area contributed by atoms with Crippen LogP contribution in [0.15, 0.2) is 6.07 Å². The van der Waals surface area contributed by atoms with E-state index in [-0.39, 0.29) is 0 Å². The molecule has 0 aliphatic heterocycles. The molecule has 0 aromatic carbocycles. The number of carboxylic acids is 1. The smallest absolute Gasteiger partial charge is 0.307 e. The van der Waals surface area contributed by atoms with Gasteiger partial charge in [0, 0.05) is 0 Å². The lowest BCUT2D eigenvalue weighted by Crippen LogP contribution is -2.08. The largest absolute Gasteiger partial charge is 0.481 e. The first-order chi connectivity index (χ1) is 6.91. The van der Waals surface area contributed by atoms with Crippen molar-refractivity contribution in [2.45, 2.75) is 12.8 Å². The first kappa shape index (κ1) is 11.4. The third-order valence-electron chi connectivity index (χ3n) is 1.59. The molecule has 0 spiro atoms. The molecule has 0 aliphatic carbocycles. The second kappa shape index (κ2) is 4.24. The molecule has 0 amide bonds. The molecule has 1 rings (SSSR count). The summed E-state index contributed by atoms with van der Waals surface area (Å²) >= 11 is 0. The number of hydrogen-bond donors (Lipinski definition) is 1. The molecule has 3 nitrogen and oxygen atoms in total. The van der Waals surface area contributed by atoms with E-state index < -0.39 is 41.8 Å². The number of aromatic nitrogens is 1. The van der Waals surface area contributed by atoms with Crippen LogP contribution in [0.5, 0.6) is 0 Å². The fourth-order valence-corrected chi connectivity index (χ4v) is 1.01. The van der Waals surface area contributed by atoms with Crippen molar-refractivity contribution in [2.24, 2.45) is 0 Å². The van der Waals surface area contributed by atoms with Gasteiger partial charge in [-0.25, -0.2) is 18.2 Å². The second-order valence-electron chi connectivity index (χ2n) is 2.68. The molecule has 1 heterocycles. The van der Waals surface area contributed by atoms with E-state index in [1.165, 1.54) is 0 Å². The molecule has 1 aromatic rings. The average Bonchev–Trinajstić information content (AvgIpc) is 2.09. The average molecular weight is 223 g/mol. The molecule has 82 valence electrons. The van der Waals surface area contributed by atoms with Crippen molar-refractivity contribution in [3.8, 4) is 0 Å². The fraction of sp³-hybridized carbons (Fsp3) is 0.250. The number of alkyl halides is 2. The van der Waals surface area contributed by atoms with Gasteiger partial charge in [-0.15, -0.1) is 0 Å². The minimum absolute atomic E-state index is 0.415. The Bertz CT molecular complexity index is 394. The van der Waals surface area contributed by atoms with E-state index in [1.54, 1.807) is 0 Å². The van der Waals surface area contributed by atoms with Crippen molar-refractivity contribution in [3.05, 3.63) is 29.1 Å². The molecule has 15 heavy (non-hydrogen) atoms. The zero-order valence-corrected chi connectivity index (χ0v) is 7.18. The summed E-state index contributed by atoms with van der Waals surface area (Å²) in [5.74, 6) is -4.54. The number of rotatable bonds is 3. The number of pyridine rings is 1. The van der Waals surface area contributed by atoms with Crippen molar-refractivity contribution >= 4 is 5.97 Å². The van der Waals surface area contributed by atoms with E-state index in [9.17, 15) is 22.4 Å². The maximum absolute atomic E-state index is 12.6. The molecule has 0 bridgehead atoms. The second-order valence-corrected chi connectivity index (χ2v) is 2.68. The lowest BCUT2D eigenvalue weighted by Gasteiger charge is -2.06. The Labute approximate surface area is 81.4 Å². The monoisotopic (exact) mass is 223 g/mol. The van der Waals surface area contributed by atoms with Gasteiger partial charge >= 0.3 is 5.97 Å². The topological polar surface area (TPSA) is 50.2 Å². The van der Waals surface area contributed by atoms with Gasteiger partial charge in [-0.3, -0.25) is 4.79 Å². The normalized spacial score (nSPS) is 10.7. The molecule has 0 unspecified atom stereocenters. The maximum atomic E-state index is 12.6. The summed E-state index contributed by atoms with van der Waals surface area (Å²) in [5.41, 5.74) is -1.58. The van der Waals surface area contributed by atoms with Crippen molar-refractivity contribution in [1.82, 2.24) is 4.98 Å². The molecule has 0 radical (unpaired) electrons. The van der Waals surface area contributed by atoms with E-state index in [1.807, 2.05) is 0 Å². The predicted molar refractivity (Wildman–Crippen MR) is 40.4 cm³/mol. The molecule has 0 saturated carbocycles. The van der Waals surface area contributed by atoms with Crippen LogP contribution in [0, 0.1) is 11.8 Å².